The molecule has 1 saturated heterocycles. The van der Waals surface area contributed by atoms with E-state index in [0.29, 0.717) is 44.1 Å². The Balaban J connectivity index is 0.00000243. The Kier molecular flexibility index (Phi) is 6.89. The molecule has 1 saturated carbocycles. The van der Waals surface area contributed by atoms with Crippen LogP contribution in [0.2, 0.25) is 0 Å². The maximum absolute atomic E-state index is 12.8. The van der Waals surface area contributed by atoms with E-state index in [1.54, 1.807) is 11.0 Å². The van der Waals surface area contributed by atoms with E-state index in [2.05, 4.69) is 0 Å². The van der Waals surface area contributed by atoms with Crippen LogP contribution < -0.4 is 10.5 Å². The summed E-state index contributed by atoms with van der Waals surface area (Å²) in [6, 6.07) is 7.31. The molecule has 0 aromatic heterocycles. The number of piperazine rings is 1. The Morgan fingerprint density at radius 1 is 1.08 bits per heavy atom. The molecule has 1 aromatic carbocycles. The second-order valence-electron chi connectivity index (χ2n) is 6.88. The molecule has 2 amide bonds. The van der Waals surface area contributed by atoms with Crippen LogP contribution in [0.3, 0.4) is 0 Å². The number of halogens is 1. The summed E-state index contributed by atoms with van der Waals surface area (Å²) >= 11 is 0. The van der Waals surface area contributed by atoms with Gasteiger partial charge >= 0.3 is 0 Å². The van der Waals surface area contributed by atoms with E-state index in [9.17, 15) is 9.59 Å². The van der Waals surface area contributed by atoms with Crippen LogP contribution in [0.1, 0.15) is 43.0 Å². The van der Waals surface area contributed by atoms with Crippen molar-refractivity contribution in [2.75, 3.05) is 32.8 Å². The van der Waals surface area contributed by atoms with Gasteiger partial charge in [0.25, 0.3) is 5.91 Å². The van der Waals surface area contributed by atoms with Crippen LogP contribution in [-0.2, 0) is 4.79 Å². The molecule has 1 aromatic rings. The standard InChI is InChI=1S/C19H27N3O3.ClH/c1-2-25-16-8-4-3-7-15(16)17(23)21-11-13-22(14-12-21)18(24)19(20)9-5-6-10-19;/h3-4,7-8H,2,5-6,9-14,20H2,1H3;1H. The summed E-state index contributed by atoms with van der Waals surface area (Å²) in [6.45, 7) is 4.56. The summed E-state index contributed by atoms with van der Waals surface area (Å²) in [5.41, 5.74) is 6.18. The topological polar surface area (TPSA) is 75.9 Å². The molecule has 3 rings (SSSR count). The molecule has 2 fully saturated rings. The Morgan fingerprint density at radius 2 is 1.65 bits per heavy atom. The first-order valence-electron chi connectivity index (χ1n) is 9.14. The van der Waals surface area contributed by atoms with Crippen LogP contribution in [0, 0.1) is 0 Å². The highest BCUT2D eigenvalue weighted by Crippen LogP contribution is 2.29. The van der Waals surface area contributed by atoms with Crippen LogP contribution >= 0.6 is 12.4 Å². The lowest BCUT2D eigenvalue weighted by Gasteiger charge is -2.38. The summed E-state index contributed by atoms with van der Waals surface area (Å²) in [5, 5.41) is 0. The molecule has 2 aliphatic rings. The summed E-state index contributed by atoms with van der Waals surface area (Å²) < 4.78 is 5.56. The van der Waals surface area contributed by atoms with E-state index in [4.69, 9.17) is 10.5 Å². The lowest BCUT2D eigenvalue weighted by molar-refractivity contribution is -0.138. The smallest absolute Gasteiger partial charge is 0.257 e. The van der Waals surface area contributed by atoms with Crippen molar-refractivity contribution in [1.82, 2.24) is 9.80 Å². The van der Waals surface area contributed by atoms with Crippen molar-refractivity contribution in [2.45, 2.75) is 38.1 Å². The van der Waals surface area contributed by atoms with Crippen LogP contribution in [0.4, 0.5) is 0 Å². The van der Waals surface area contributed by atoms with Crippen LogP contribution in [0.15, 0.2) is 24.3 Å². The fourth-order valence-corrected chi connectivity index (χ4v) is 3.74. The molecule has 7 heteroatoms. The van der Waals surface area contributed by atoms with Gasteiger partial charge in [-0.1, -0.05) is 25.0 Å². The third-order valence-corrected chi connectivity index (χ3v) is 5.19. The predicted octanol–water partition coefficient (Wildman–Crippen LogP) is 2.06. The zero-order valence-electron chi connectivity index (χ0n) is 15.3. The van der Waals surface area contributed by atoms with E-state index in [1.165, 1.54) is 0 Å². The molecule has 0 unspecified atom stereocenters. The summed E-state index contributed by atoms with van der Waals surface area (Å²) in [5.74, 6) is 0.617. The Morgan fingerprint density at radius 3 is 2.27 bits per heavy atom. The molecule has 1 aliphatic carbocycles. The zero-order chi connectivity index (χ0) is 17.9. The number of nitrogens with zero attached hydrogens (tertiary/aromatic N) is 2. The molecule has 0 spiro atoms. The maximum Gasteiger partial charge on any atom is 0.257 e. The van der Waals surface area contributed by atoms with E-state index in [1.807, 2.05) is 30.0 Å². The quantitative estimate of drug-likeness (QED) is 0.866. The van der Waals surface area contributed by atoms with E-state index in [-0.39, 0.29) is 24.2 Å². The third-order valence-electron chi connectivity index (χ3n) is 5.19. The highest BCUT2D eigenvalue weighted by molar-refractivity contribution is 5.97. The van der Waals surface area contributed by atoms with Crippen molar-refractivity contribution < 1.29 is 14.3 Å². The summed E-state index contributed by atoms with van der Waals surface area (Å²) in [7, 11) is 0. The van der Waals surface area contributed by atoms with E-state index in [0.717, 1.165) is 25.7 Å². The second kappa shape index (κ2) is 8.73. The number of carbonyl (C=O) groups excluding carboxylic acids is 2. The van der Waals surface area contributed by atoms with Crippen molar-refractivity contribution in [3.05, 3.63) is 29.8 Å². The zero-order valence-corrected chi connectivity index (χ0v) is 16.1. The van der Waals surface area contributed by atoms with Gasteiger partial charge in [-0.05, 0) is 31.9 Å². The van der Waals surface area contributed by atoms with E-state index >= 15 is 0 Å². The summed E-state index contributed by atoms with van der Waals surface area (Å²) in [6.07, 6.45) is 3.59. The van der Waals surface area contributed by atoms with Gasteiger partial charge < -0.3 is 20.3 Å². The molecule has 144 valence electrons. The largest absolute Gasteiger partial charge is 0.493 e. The lowest BCUT2D eigenvalue weighted by atomic mass is 9.97. The van der Waals surface area contributed by atoms with Crippen molar-refractivity contribution >= 4 is 24.2 Å². The van der Waals surface area contributed by atoms with Gasteiger partial charge in [-0.2, -0.15) is 0 Å². The lowest BCUT2D eigenvalue weighted by Crippen LogP contribution is -2.59. The van der Waals surface area contributed by atoms with Crippen molar-refractivity contribution in [2.24, 2.45) is 5.73 Å². The fourth-order valence-electron chi connectivity index (χ4n) is 3.74. The Labute approximate surface area is 161 Å². The van der Waals surface area contributed by atoms with Gasteiger partial charge in [0, 0.05) is 26.2 Å². The monoisotopic (exact) mass is 381 g/mol. The highest BCUT2D eigenvalue weighted by atomic mass is 35.5. The van der Waals surface area contributed by atoms with Gasteiger partial charge in [-0.3, -0.25) is 9.59 Å². The number of para-hydroxylation sites is 1. The molecule has 0 atom stereocenters. The van der Waals surface area contributed by atoms with Crippen molar-refractivity contribution in [3.63, 3.8) is 0 Å². The SMILES string of the molecule is CCOc1ccccc1C(=O)N1CCN(C(=O)C2(N)CCCC2)CC1.Cl. The first-order valence-corrected chi connectivity index (χ1v) is 9.14. The van der Waals surface area contributed by atoms with Crippen molar-refractivity contribution in [3.8, 4) is 5.75 Å². The molecule has 0 bridgehead atoms. The molecule has 26 heavy (non-hydrogen) atoms. The second-order valence-corrected chi connectivity index (χ2v) is 6.88. The number of hydrogen-bond donors (Lipinski definition) is 1. The molecular formula is C19H28ClN3O3. The molecule has 1 aliphatic heterocycles. The third kappa shape index (κ3) is 4.13. The Hall–Kier alpha value is -1.79. The number of benzene rings is 1. The first-order chi connectivity index (χ1) is 12.0. The molecule has 1 heterocycles. The molecule has 0 radical (unpaired) electrons. The molecular weight excluding hydrogens is 354 g/mol. The summed E-state index contributed by atoms with van der Waals surface area (Å²) in [4.78, 5) is 29.1. The van der Waals surface area contributed by atoms with Gasteiger partial charge in [0.2, 0.25) is 5.91 Å². The average molecular weight is 382 g/mol. The van der Waals surface area contributed by atoms with Gasteiger partial charge in [-0.15, -0.1) is 12.4 Å². The highest BCUT2D eigenvalue weighted by Gasteiger charge is 2.40. The number of amides is 2. The minimum absolute atomic E-state index is 0. The number of carbonyl (C=O) groups is 2. The average Bonchev–Trinajstić information content (AvgIpc) is 3.09. The minimum atomic E-state index is -0.687. The first kappa shape index (κ1) is 20.5. The van der Waals surface area contributed by atoms with Gasteiger partial charge in [0.05, 0.1) is 17.7 Å². The Bertz CT molecular complexity index is 639. The predicted molar refractivity (Wildman–Crippen MR) is 103 cm³/mol. The van der Waals surface area contributed by atoms with Crippen LogP contribution in [-0.4, -0.2) is 59.9 Å². The van der Waals surface area contributed by atoms with Crippen LogP contribution in [0.5, 0.6) is 5.75 Å². The van der Waals surface area contributed by atoms with Crippen LogP contribution in [0.25, 0.3) is 0 Å². The van der Waals surface area contributed by atoms with Gasteiger partial charge in [0.15, 0.2) is 0 Å². The number of ether oxygens (including phenoxy) is 1. The maximum atomic E-state index is 12.8. The molecule has 2 N–H and O–H groups in total. The minimum Gasteiger partial charge on any atom is -0.493 e. The van der Waals surface area contributed by atoms with E-state index < -0.39 is 5.54 Å². The normalized spacial score (nSPS) is 19.0. The number of rotatable bonds is 4. The van der Waals surface area contributed by atoms with Crippen molar-refractivity contribution in [1.29, 1.82) is 0 Å². The van der Waals surface area contributed by atoms with Gasteiger partial charge in [-0.25, -0.2) is 0 Å². The van der Waals surface area contributed by atoms with Gasteiger partial charge in [0.1, 0.15) is 5.75 Å². The number of nitrogens with two attached hydrogens (primary N) is 1. The molecule has 6 nitrogen and oxygen atoms in total. The number of hydrogen-bond acceptors (Lipinski definition) is 4. The fraction of sp³-hybridized carbons (Fsp3) is 0.579.